The Morgan fingerprint density at radius 2 is 2.06 bits per heavy atom. The molecule has 92 valence electrons. The molecule has 0 spiro atoms. The van der Waals surface area contributed by atoms with E-state index in [0.29, 0.717) is 17.5 Å². The van der Waals surface area contributed by atoms with Crippen LogP contribution in [-0.2, 0) is 11.2 Å². The van der Waals surface area contributed by atoms with Gasteiger partial charge in [-0.25, -0.2) is 0 Å². The van der Waals surface area contributed by atoms with Crippen LogP contribution in [0.2, 0.25) is 5.02 Å². The van der Waals surface area contributed by atoms with Crippen LogP contribution < -0.4 is 5.32 Å². The quantitative estimate of drug-likeness (QED) is 0.848. The first kappa shape index (κ1) is 12.4. The Bertz CT molecular complexity index is 414. The molecule has 3 nitrogen and oxygen atoms in total. The maximum atomic E-state index is 11.4. The molecule has 2 rings (SSSR count). The molecule has 0 heterocycles. The van der Waals surface area contributed by atoms with Crippen molar-refractivity contribution in [1.29, 1.82) is 0 Å². The van der Waals surface area contributed by atoms with E-state index in [1.54, 1.807) is 19.1 Å². The zero-order chi connectivity index (χ0) is 12.5. The number of benzene rings is 1. The van der Waals surface area contributed by atoms with Gasteiger partial charge < -0.3 is 5.11 Å². The molecule has 0 aliphatic heterocycles. The fourth-order valence-corrected chi connectivity index (χ4v) is 2.00. The van der Waals surface area contributed by atoms with Crippen LogP contribution in [0.5, 0.6) is 0 Å². The highest BCUT2D eigenvalue weighted by molar-refractivity contribution is 6.30. The molecule has 0 radical (unpaired) electrons. The average molecular weight is 254 g/mol. The molecular weight excluding hydrogens is 238 g/mol. The summed E-state index contributed by atoms with van der Waals surface area (Å²) in [5.41, 5.74) is 0.0853. The van der Waals surface area contributed by atoms with Gasteiger partial charge in [0, 0.05) is 17.5 Å². The lowest BCUT2D eigenvalue weighted by Gasteiger charge is -2.26. The summed E-state index contributed by atoms with van der Waals surface area (Å²) >= 11 is 5.81. The second-order valence-electron chi connectivity index (χ2n) is 4.86. The van der Waals surface area contributed by atoms with E-state index in [1.165, 1.54) is 0 Å². The molecule has 1 saturated carbocycles. The van der Waals surface area contributed by atoms with Gasteiger partial charge >= 0.3 is 5.97 Å². The Morgan fingerprint density at radius 1 is 1.47 bits per heavy atom. The van der Waals surface area contributed by atoms with Crippen LogP contribution in [0, 0.1) is 0 Å². The predicted octanol–water partition coefficient (Wildman–Crippen LogP) is 2.48. The van der Waals surface area contributed by atoms with Crippen molar-refractivity contribution in [2.45, 2.75) is 37.8 Å². The summed E-state index contributed by atoms with van der Waals surface area (Å²) in [5.74, 6) is -0.806. The number of carboxylic acids is 1. The molecule has 1 aliphatic carbocycles. The first-order valence-electron chi connectivity index (χ1n) is 5.75. The van der Waals surface area contributed by atoms with Crippen LogP contribution in [0.1, 0.15) is 25.3 Å². The topological polar surface area (TPSA) is 49.3 Å². The number of hydrogen-bond acceptors (Lipinski definition) is 2. The molecule has 4 heteroatoms. The number of nitrogens with one attached hydrogen (secondary N) is 1. The van der Waals surface area contributed by atoms with Crippen molar-refractivity contribution in [3.63, 3.8) is 0 Å². The fraction of sp³-hybridized carbons (Fsp3) is 0.462. The van der Waals surface area contributed by atoms with Gasteiger partial charge in [-0.15, -0.1) is 0 Å². The van der Waals surface area contributed by atoms with Crippen molar-refractivity contribution < 1.29 is 9.90 Å². The number of carboxylic acid groups (broad SMARTS) is 1. The summed E-state index contributed by atoms with van der Waals surface area (Å²) in [5, 5.41) is 13.2. The van der Waals surface area contributed by atoms with Crippen molar-refractivity contribution in [3.8, 4) is 0 Å². The number of rotatable bonds is 5. The lowest BCUT2D eigenvalue weighted by atomic mass is 9.92. The molecule has 0 amide bonds. The smallest absolute Gasteiger partial charge is 0.323 e. The number of hydrogen-bond donors (Lipinski definition) is 2. The van der Waals surface area contributed by atoms with Gasteiger partial charge in [0.25, 0.3) is 0 Å². The van der Waals surface area contributed by atoms with Gasteiger partial charge in [0.05, 0.1) is 0 Å². The molecule has 1 aromatic carbocycles. The number of carbonyl (C=O) groups is 1. The summed E-state index contributed by atoms with van der Waals surface area (Å²) in [6, 6.07) is 7.69. The van der Waals surface area contributed by atoms with Gasteiger partial charge in [0.2, 0.25) is 0 Å². The summed E-state index contributed by atoms with van der Waals surface area (Å²) in [6.07, 6.45) is 2.61. The minimum atomic E-state index is -0.894. The number of halogens is 1. The lowest BCUT2D eigenvalue weighted by molar-refractivity contribution is -0.144. The van der Waals surface area contributed by atoms with Crippen LogP contribution in [0.25, 0.3) is 0 Å². The Balaban J connectivity index is 2.11. The lowest BCUT2D eigenvalue weighted by Crippen LogP contribution is -2.52. The maximum absolute atomic E-state index is 11.4. The Morgan fingerprint density at radius 3 is 2.53 bits per heavy atom. The molecule has 1 aliphatic rings. The summed E-state index contributed by atoms with van der Waals surface area (Å²) in [4.78, 5) is 11.4. The highest BCUT2D eigenvalue weighted by Crippen LogP contribution is 2.25. The molecule has 1 fully saturated rings. The third kappa shape index (κ3) is 3.20. The van der Waals surface area contributed by atoms with E-state index in [9.17, 15) is 9.90 Å². The van der Waals surface area contributed by atoms with Crippen LogP contribution in [0.3, 0.4) is 0 Å². The largest absolute Gasteiger partial charge is 0.480 e. The Hall–Kier alpha value is -1.06. The zero-order valence-corrected chi connectivity index (χ0v) is 10.5. The first-order valence-corrected chi connectivity index (χ1v) is 6.13. The van der Waals surface area contributed by atoms with Gasteiger partial charge in [-0.2, -0.15) is 0 Å². The highest BCUT2D eigenvalue weighted by atomic mass is 35.5. The second kappa shape index (κ2) is 4.67. The molecule has 1 unspecified atom stereocenters. The fourth-order valence-electron chi connectivity index (χ4n) is 1.88. The molecule has 2 N–H and O–H groups in total. The van der Waals surface area contributed by atoms with Crippen LogP contribution in [0.4, 0.5) is 0 Å². The SMILES string of the molecule is CC(Cc1ccc(Cl)cc1)(NC1CC1)C(=O)O. The van der Waals surface area contributed by atoms with E-state index in [-0.39, 0.29) is 0 Å². The molecule has 0 aromatic heterocycles. The number of aliphatic carboxylic acids is 1. The molecule has 17 heavy (non-hydrogen) atoms. The third-order valence-corrected chi connectivity index (χ3v) is 3.29. The highest BCUT2D eigenvalue weighted by Gasteiger charge is 2.38. The summed E-state index contributed by atoms with van der Waals surface area (Å²) in [6.45, 7) is 1.74. The average Bonchev–Trinajstić information content (AvgIpc) is 3.05. The molecule has 1 aromatic rings. The third-order valence-electron chi connectivity index (χ3n) is 3.04. The van der Waals surface area contributed by atoms with Crippen molar-refractivity contribution in [2.75, 3.05) is 0 Å². The van der Waals surface area contributed by atoms with Crippen LogP contribution in [-0.4, -0.2) is 22.7 Å². The second-order valence-corrected chi connectivity index (χ2v) is 5.30. The Kier molecular flexibility index (Phi) is 3.40. The van der Waals surface area contributed by atoms with E-state index in [2.05, 4.69) is 5.32 Å². The van der Waals surface area contributed by atoms with Crippen molar-refractivity contribution in [2.24, 2.45) is 0 Å². The monoisotopic (exact) mass is 253 g/mol. The normalized spacial score (nSPS) is 18.7. The predicted molar refractivity (Wildman–Crippen MR) is 67.4 cm³/mol. The standard InChI is InChI=1S/C13H16ClNO2/c1-13(12(16)17,15-11-6-7-11)8-9-2-4-10(14)5-3-9/h2-5,11,15H,6-8H2,1H3,(H,16,17). The molecule has 0 saturated heterocycles. The van der Waals surface area contributed by atoms with Crippen LogP contribution in [0.15, 0.2) is 24.3 Å². The first-order chi connectivity index (χ1) is 7.99. The van der Waals surface area contributed by atoms with Gasteiger partial charge in [-0.1, -0.05) is 23.7 Å². The molecule has 0 bridgehead atoms. The van der Waals surface area contributed by atoms with Gasteiger partial charge in [0.15, 0.2) is 0 Å². The van der Waals surface area contributed by atoms with Gasteiger partial charge in [0.1, 0.15) is 5.54 Å². The van der Waals surface area contributed by atoms with Crippen molar-refractivity contribution >= 4 is 17.6 Å². The molecule has 1 atom stereocenters. The van der Waals surface area contributed by atoms with Crippen LogP contribution >= 0.6 is 11.6 Å². The van der Waals surface area contributed by atoms with E-state index in [1.807, 2.05) is 12.1 Å². The molecular formula is C13H16ClNO2. The zero-order valence-electron chi connectivity index (χ0n) is 9.74. The van der Waals surface area contributed by atoms with E-state index in [0.717, 1.165) is 18.4 Å². The van der Waals surface area contributed by atoms with E-state index >= 15 is 0 Å². The summed E-state index contributed by atoms with van der Waals surface area (Å²) < 4.78 is 0. The van der Waals surface area contributed by atoms with E-state index < -0.39 is 11.5 Å². The van der Waals surface area contributed by atoms with Gasteiger partial charge in [-0.05, 0) is 37.5 Å². The minimum absolute atomic E-state index is 0.364. The van der Waals surface area contributed by atoms with Gasteiger partial charge in [-0.3, -0.25) is 10.1 Å². The Labute approximate surface area is 106 Å². The maximum Gasteiger partial charge on any atom is 0.323 e. The summed E-state index contributed by atoms with van der Waals surface area (Å²) in [7, 11) is 0. The van der Waals surface area contributed by atoms with Crippen molar-refractivity contribution in [1.82, 2.24) is 5.32 Å². The van der Waals surface area contributed by atoms with Crippen molar-refractivity contribution in [3.05, 3.63) is 34.9 Å². The minimum Gasteiger partial charge on any atom is -0.480 e. The van der Waals surface area contributed by atoms with E-state index in [4.69, 9.17) is 11.6 Å².